The Balaban J connectivity index is 0.000000304. The summed E-state index contributed by atoms with van der Waals surface area (Å²) in [7, 11) is 0. The maximum atomic E-state index is 12.4. The van der Waals surface area contributed by atoms with Crippen LogP contribution >= 0.6 is 0 Å². The van der Waals surface area contributed by atoms with Gasteiger partial charge in [-0.25, -0.2) is 4.39 Å². The quantitative estimate of drug-likeness (QED) is 0.643. The molecule has 0 spiro atoms. The highest BCUT2D eigenvalue weighted by Crippen LogP contribution is 2.03. The number of aromatic nitrogens is 1. The van der Waals surface area contributed by atoms with Crippen LogP contribution in [0.4, 0.5) is 4.39 Å². The molecule has 0 N–H and O–H groups in total. The van der Waals surface area contributed by atoms with E-state index in [0.29, 0.717) is 0 Å². The van der Waals surface area contributed by atoms with Gasteiger partial charge in [-0.05, 0) is 26.0 Å². The molecule has 17 heavy (non-hydrogen) atoms. The first-order valence-corrected chi connectivity index (χ1v) is 6.71. The molecule has 0 bridgehead atoms. The lowest BCUT2D eigenvalue weighted by molar-refractivity contribution is 0.621. The smallest absolute Gasteiger partial charge is 0.126 e. The van der Waals surface area contributed by atoms with Crippen molar-refractivity contribution in [3.8, 4) is 0 Å². The molecule has 0 radical (unpaired) electrons. The van der Waals surface area contributed by atoms with E-state index in [1.54, 1.807) is 13.8 Å². The van der Waals surface area contributed by atoms with Gasteiger partial charge in [0.1, 0.15) is 5.82 Å². The molecule has 0 aliphatic heterocycles. The van der Waals surface area contributed by atoms with E-state index >= 15 is 0 Å². The van der Waals surface area contributed by atoms with Gasteiger partial charge in [-0.2, -0.15) is 0 Å². The third kappa shape index (κ3) is 9.98. The summed E-state index contributed by atoms with van der Waals surface area (Å²) in [4.78, 5) is 3.99. The third-order valence-electron chi connectivity index (χ3n) is 2.50. The summed E-state index contributed by atoms with van der Waals surface area (Å²) in [5.41, 5.74) is 1.46. The molecule has 0 fully saturated rings. The van der Waals surface area contributed by atoms with Gasteiger partial charge in [0.2, 0.25) is 0 Å². The van der Waals surface area contributed by atoms with Crippen molar-refractivity contribution in [3.05, 3.63) is 29.3 Å². The molecule has 1 heterocycles. The molecule has 0 saturated carbocycles. The molecule has 0 unspecified atom stereocenters. The molecule has 98 valence electrons. The number of hydrogen-bond donors (Lipinski definition) is 0. The Bertz CT molecular complexity index is 240. The predicted octanol–water partition coefficient (Wildman–Crippen LogP) is 5.20. The van der Waals surface area contributed by atoms with Gasteiger partial charge in [0.15, 0.2) is 0 Å². The second kappa shape index (κ2) is 10.2. The third-order valence-corrected chi connectivity index (χ3v) is 2.50. The highest BCUT2D eigenvalue weighted by atomic mass is 19.1. The number of aryl methyl sites for hydroxylation is 2. The lowest BCUT2D eigenvalue weighted by Crippen LogP contribution is -1.86. The van der Waals surface area contributed by atoms with E-state index in [-0.39, 0.29) is 5.82 Å². The first kappa shape index (κ1) is 16.1. The minimum absolute atomic E-state index is 0.208. The van der Waals surface area contributed by atoms with E-state index in [9.17, 15) is 4.39 Å². The molecule has 0 aromatic carbocycles. The molecular formula is C15H26FN. The fraction of sp³-hybridized carbons (Fsp3) is 0.667. The first-order chi connectivity index (χ1) is 8.10. The topological polar surface area (TPSA) is 12.9 Å². The Morgan fingerprint density at radius 2 is 1.29 bits per heavy atom. The van der Waals surface area contributed by atoms with Gasteiger partial charge in [-0.1, -0.05) is 52.4 Å². The zero-order valence-corrected chi connectivity index (χ0v) is 11.7. The summed E-state index contributed by atoms with van der Waals surface area (Å²) in [6, 6.07) is 2.82. The van der Waals surface area contributed by atoms with Crippen molar-refractivity contribution in [2.24, 2.45) is 0 Å². The number of hydrogen-bond acceptors (Lipinski definition) is 1. The van der Waals surface area contributed by atoms with Gasteiger partial charge in [-0.3, -0.25) is 4.98 Å². The van der Waals surface area contributed by atoms with Gasteiger partial charge >= 0.3 is 0 Å². The Kier molecular flexibility index (Phi) is 9.69. The molecule has 1 nitrogen and oxygen atoms in total. The Labute approximate surface area is 105 Å². The van der Waals surface area contributed by atoms with Crippen molar-refractivity contribution in [2.75, 3.05) is 0 Å². The standard InChI is InChI=1S/C8H18.C7H8FN/c1-3-5-7-8-6-4-2;1-5-3-7(8)4-6(2)9-5/h3-8H2,1-2H3;3-4H,1-2H3. The van der Waals surface area contributed by atoms with Gasteiger partial charge in [0.25, 0.3) is 0 Å². The van der Waals surface area contributed by atoms with Crippen LogP contribution in [-0.2, 0) is 0 Å². The second-order valence-electron chi connectivity index (χ2n) is 4.48. The van der Waals surface area contributed by atoms with Crippen LogP contribution in [0.15, 0.2) is 12.1 Å². The number of pyridine rings is 1. The predicted molar refractivity (Wildman–Crippen MR) is 72.7 cm³/mol. The molecule has 0 aliphatic rings. The summed E-state index contributed by atoms with van der Waals surface area (Å²) in [5, 5.41) is 0. The maximum Gasteiger partial charge on any atom is 0.126 e. The van der Waals surface area contributed by atoms with E-state index in [1.807, 2.05) is 0 Å². The molecule has 0 atom stereocenters. The Morgan fingerprint density at radius 3 is 1.59 bits per heavy atom. The average Bonchev–Trinajstić information content (AvgIpc) is 2.23. The second-order valence-corrected chi connectivity index (χ2v) is 4.48. The van der Waals surface area contributed by atoms with Gasteiger partial charge in [-0.15, -0.1) is 0 Å². The fourth-order valence-corrected chi connectivity index (χ4v) is 1.64. The van der Waals surface area contributed by atoms with Gasteiger partial charge < -0.3 is 0 Å². The lowest BCUT2D eigenvalue weighted by atomic mass is 10.1. The molecule has 1 aromatic heterocycles. The normalized spacial score (nSPS) is 9.71. The minimum Gasteiger partial charge on any atom is -0.258 e. The molecule has 2 heteroatoms. The summed E-state index contributed by atoms with van der Waals surface area (Å²) in [6.45, 7) is 8.06. The highest BCUT2D eigenvalue weighted by molar-refractivity contribution is 5.10. The first-order valence-electron chi connectivity index (χ1n) is 6.71. The van der Waals surface area contributed by atoms with Crippen LogP contribution in [0.5, 0.6) is 0 Å². The van der Waals surface area contributed by atoms with E-state index in [1.165, 1.54) is 50.7 Å². The molecule has 1 aromatic rings. The van der Waals surface area contributed by atoms with Crippen LogP contribution in [0.25, 0.3) is 0 Å². The number of halogens is 1. The highest BCUT2D eigenvalue weighted by Gasteiger charge is 1.92. The number of unbranched alkanes of at least 4 members (excludes halogenated alkanes) is 5. The van der Waals surface area contributed by atoms with Crippen molar-refractivity contribution in [2.45, 2.75) is 66.2 Å². The summed E-state index contributed by atoms with van der Waals surface area (Å²) in [6.07, 6.45) is 8.49. The molecule has 0 saturated heterocycles. The van der Waals surface area contributed by atoms with Crippen LogP contribution < -0.4 is 0 Å². The van der Waals surface area contributed by atoms with E-state index < -0.39 is 0 Å². The SMILES string of the molecule is CCCCCCCC.Cc1cc(F)cc(C)n1. The van der Waals surface area contributed by atoms with Crippen LogP contribution in [-0.4, -0.2) is 4.98 Å². The van der Waals surface area contributed by atoms with E-state index in [2.05, 4.69) is 18.8 Å². The summed E-state index contributed by atoms with van der Waals surface area (Å²) in [5.74, 6) is -0.208. The Morgan fingerprint density at radius 1 is 0.882 bits per heavy atom. The van der Waals surface area contributed by atoms with Crippen molar-refractivity contribution >= 4 is 0 Å². The summed E-state index contributed by atoms with van der Waals surface area (Å²) >= 11 is 0. The maximum absolute atomic E-state index is 12.4. The zero-order chi connectivity index (χ0) is 13.1. The molecule has 0 amide bonds. The molecule has 1 rings (SSSR count). The van der Waals surface area contributed by atoms with Crippen molar-refractivity contribution in [1.29, 1.82) is 0 Å². The van der Waals surface area contributed by atoms with Crippen molar-refractivity contribution in [3.63, 3.8) is 0 Å². The zero-order valence-electron chi connectivity index (χ0n) is 11.7. The largest absolute Gasteiger partial charge is 0.258 e. The average molecular weight is 239 g/mol. The van der Waals surface area contributed by atoms with Crippen LogP contribution in [0.2, 0.25) is 0 Å². The number of rotatable bonds is 5. The summed E-state index contributed by atoms with van der Waals surface area (Å²) < 4.78 is 12.4. The minimum atomic E-state index is -0.208. The van der Waals surface area contributed by atoms with Gasteiger partial charge in [0.05, 0.1) is 0 Å². The lowest BCUT2D eigenvalue weighted by Gasteiger charge is -1.93. The van der Waals surface area contributed by atoms with E-state index in [4.69, 9.17) is 0 Å². The van der Waals surface area contributed by atoms with Crippen molar-refractivity contribution in [1.82, 2.24) is 4.98 Å². The molecular weight excluding hydrogens is 213 g/mol. The van der Waals surface area contributed by atoms with Crippen LogP contribution in [0.1, 0.15) is 63.8 Å². The van der Waals surface area contributed by atoms with Crippen molar-refractivity contribution < 1.29 is 4.39 Å². The van der Waals surface area contributed by atoms with E-state index in [0.717, 1.165) is 11.4 Å². The van der Waals surface area contributed by atoms with Crippen LogP contribution in [0.3, 0.4) is 0 Å². The monoisotopic (exact) mass is 239 g/mol. The number of nitrogens with zero attached hydrogens (tertiary/aromatic N) is 1. The Hall–Kier alpha value is -0.920. The molecule has 0 aliphatic carbocycles. The fourth-order valence-electron chi connectivity index (χ4n) is 1.64. The van der Waals surface area contributed by atoms with Crippen LogP contribution in [0, 0.1) is 19.7 Å². The van der Waals surface area contributed by atoms with Gasteiger partial charge in [0, 0.05) is 11.4 Å².